The molecular formula is C15H17F5O. The lowest BCUT2D eigenvalue weighted by Gasteiger charge is -2.36. The Hall–Kier alpha value is -1.17. The standard InChI is InChI=1S/C15H17F5O/c16-12-7-3-4-9(14(12)17)8-13(21)10-5-1-2-6-11(10)15(18,19)20/h3-4,7,10-11,13,21H,1-2,5-6,8H2. The van der Waals surface area contributed by atoms with E-state index in [0.29, 0.717) is 12.8 Å². The molecule has 1 nitrogen and oxygen atoms in total. The highest BCUT2D eigenvalue weighted by Crippen LogP contribution is 2.43. The monoisotopic (exact) mass is 308 g/mol. The normalized spacial score (nSPS) is 24.9. The molecule has 6 heteroatoms. The third-order valence-electron chi connectivity index (χ3n) is 4.19. The lowest BCUT2D eigenvalue weighted by atomic mass is 9.74. The molecule has 1 saturated carbocycles. The molecule has 21 heavy (non-hydrogen) atoms. The summed E-state index contributed by atoms with van der Waals surface area (Å²) >= 11 is 0. The predicted octanol–water partition coefficient (Wildman–Crippen LogP) is 4.24. The molecule has 1 aromatic rings. The zero-order chi connectivity index (χ0) is 15.6. The molecule has 1 fully saturated rings. The van der Waals surface area contributed by atoms with Crippen molar-refractivity contribution in [3.63, 3.8) is 0 Å². The van der Waals surface area contributed by atoms with Gasteiger partial charge in [-0.15, -0.1) is 0 Å². The van der Waals surface area contributed by atoms with Crippen LogP contribution in [0.4, 0.5) is 22.0 Å². The number of aliphatic hydroxyl groups is 1. The summed E-state index contributed by atoms with van der Waals surface area (Å²) < 4.78 is 65.6. The van der Waals surface area contributed by atoms with Crippen molar-refractivity contribution >= 4 is 0 Å². The number of halogens is 5. The molecule has 0 aliphatic heterocycles. The van der Waals surface area contributed by atoms with Gasteiger partial charge in [-0.2, -0.15) is 13.2 Å². The van der Waals surface area contributed by atoms with Gasteiger partial charge < -0.3 is 5.11 Å². The Kier molecular flexibility index (Phi) is 4.86. The van der Waals surface area contributed by atoms with Gasteiger partial charge in [0.05, 0.1) is 12.0 Å². The molecule has 0 heterocycles. The molecular weight excluding hydrogens is 291 g/mol. The number of hydrogen-bond donors (Lipinski definition) is 1. The zero-order valence-corrected chi connectivity index (χ0v) is 11.3. The smallest absolute Gasteiger partial charge is 0.392 e. The third kappa shape index (κ3) is 3.73. The maximum atomic E-state index is 13.6. The summed E-state index contributed by atoms with van der Waals surface area (Å²) in [5.74, 6) is -4.69. The summed E-state index contributed by atoms with van der Waals surface area (Å²) in [7, 11) is 0. The van der Waals surface area contributed by atoms with E-state index in [4.69, 9.17) is 0 Å². The minimum Gasteiger partial charge on any atom is -0.392 e. The molecule has 1 N–H and O–H groups in total. The van der Waals surface area contributed by atoms with Crippen molar-refractivity contribution in [1.29, 1.82) is 0 Å². The molecule has 1 aliphatic rings. The van der Waals surface area contributed by atoms with Crippen LogP contribution in [0.15, 0.2) is 18.2 Å². The third-order valence-corrected chi connectivity index (χ3v) is 4.19. The second kappa shape index (κ2) is 6.30. The fraction of sp³-hybridized carbons (Fsp3) is 0.600. The SMILES string of the molecule is OC(Cc1cccc(F)c1F)C1CCCCC1C(F)(F)F. The van der Waals surface area contributed by atoms with E-state index < -0.39 is 35.8 Å². The second-order valence-electron chi connectivity index (χ2n) is 5.58. The minimum absolute atomic E-state index is 0.0170. The molecule has 3 unspecified atom stereocenters. The zero-order valence-electron chi connectivity index (χ0n) is 11.3. The maximum absolute atomic E-state index is 13.6. The Bertz CT molecular complexity index is 485. The van der Waals surface area contributed by atoms with Crippen molar-refractivity contribution in [2.45, 2.75) is 44.4 Å². The second-order valence-corrected chi connectivity index (χ2v) is 5.58. The van der Waals surface area contributed by atoms with Crippen LogP contribution in [0.5, 0.6) is 0 Å². The summed E-state index contributed by atoms with van der Waals surface area (Å²) in [6, 6.07) is 3.50. The molecule has 0 saturated heterocycles. The Morgan fingerprint density at radius 3 is 2.48 bits per heavy atom. The van der Waals surface area contributed by atoms with E-state index in [2.05, 4.69) is 0 Å². The molecule has 2 rings (SSSR count). The van der Waals surface area contributed by atoms with Gasteiger partial charge in [0.15, 0.2) is 11.6 Å². The molecule has 0 bridgehead atoms. The van der Waals surface area contributed by atoms with E-state index in [9.17, 15) is 27.1 Å². The van der Waals surface area contributed by atoms with Crippen LogP contribution in [0.1, 0.15) is 31.2 Å². The van der Waals surface area contributed by atoms with E-state index in [1.165, 1.54) is 12.1 Å². The van der Waals surface area contributed by atoms with E-state index in [0.717, 1.165) is 6.07 Å². The number of benzene rings is 1. The van der Waals surface area contributed by atoms with Crippen molar-refractivity contribution in [3.8, 4) is 0 Å². The molecule has 1 aromatic carbocycles. The average Bonchev–Trinajstić information content (AvgIpc) is 2.43. The number of alkyl halides is 3. The quantitative estimate of drug-likeness (QED) is 0.828. The van der Waals surface area contributed by atoms with Crippen molar-refractivity contribution in [1.82, 2.24) is 0 Å². The van der Waals surface area contributed by atoms with Gasteiger partial charge in [0.2, 0.25) is 0 Å². The molecule has 3 atom stereocenters. The highest BCUT2D eigenvalue weighted by atomic mass is 19.4. The largest absolute Gasteiger partial charge is 0.392 e. The maximum Gasteiger partial charge on any atom is 0.392 e. The highest BCUT2D eigenvalue weighted by Gasteiger charge is 2.47. The lowest BCUT2D eigenvalue weighted by Crippen LogP contribution is -2.40. The molecule has 0 amide bonds. The topological polar surface area (TPSA) is 20.2 Å². The van der Waals surface area contributed by atoms with Crippen LogP contribution in [-0.2, 0) is 6.42 Å². The van der Waals surface area contributed by atoms with Gasteiger partial charge in [-0.1, -0.05) is 25.0 Å². The van der Waals surface area contributed by atoms with Crippen molar-refractivity contribution < 1.29 is 27.1 Å². The van der Waals surface area contributed by atoms with Crippen LogP contribution in [-0.4, -0.2) is 17.4 Å². The Morgan fingerprint density at radius 1 is 1.14 bits per heavy atom. The number of rotatable bonds is 3. The van der Waals surface area contributed by atoms with Gasteiger partial charge in [-0.3, -0.25) is 0 Å². The average molecular weight is 308 g/mol. The van der Waals surface area contributed by atoms with E-state index in [1.807, 2.05) is 0 Å². The van der Waals surface area contributed by atoms with Crippen molar-refractivity contribution in [2.75, 3.05) is 0 Å². The van der Waals surface area contributed by atoms with Crippen LogP contribution < -0.4 is 0 Å². The van der Waals surface area contributed by atoms with Gasteiger partial charge in [0, 0.05) is 6.42 Å². The van der Waals surface area contributed by atoms with E-state index in [-0.39, 0.29) is 24.8 Å². The minimum atomic E-state index is -4.37. The number of hydrogen-bond acceptors (Lipinski definition) is 1. The van der Waals surface area contributed by atoms with Crippen LogP contribution in [0.2, 0.25) is 0 Å². The Morgan fingerprint density at radius 2 is 1.81 bits per heavy atom. The van der Waals surface area contributed by atoms with Gasteiger partial charge in [0.1, 0.15) is 0 Å². The first-order chi connectivity index (χ1) is 9.80. The highest BCUT2D eigenvalue weighted by molar-refractivity contribution is 5.20. The summed E-state index contributed by atoms with van der Waals surface area (Å²) in [5, 5.41) is 10.1. The lowest BCUT2D eigenvalue weighted by molar-refractivity contribution is -0.206. The molecule has 0 aromatic heterocycles. The van der Waals surface area contributed by atoms with Gasteiger partial charge >= 0.3 is 6.18 Å². The van der Waals surface area contributed by atoms with Gasteiger partial charge in [-0.05, 0) is 30.4 Å². The first-order valence-electron chi connectivity index (χ1n) is 6.98. The van der Waals surface area contributed by atoms with Crippen LogP contribution in [0, 0.1) is 23.5 Å². The van der Waals surface area contributed by atoms with Crippen LogP contribution in [0.3, 0.4) is 0 Å². The summed E-state index contributed by atoms with van der Waals surface area (Å²) in [6.07, 6.45) is -4.68. The van der Waals surface area contributed by atoms with Gasteiger partial charge in [-0.25, -0.2) is 8.78 Å². The molecule has 118 valence electrons. The number of aliphatic hydroxyl groups excluding tert-OH is 1. The van der Waals surface area contributed by atoms with Crippen LogP contribution in [0.25, 0.3) is 0 Å². The Balaban J connectivity index is 2.14. The predicted molar refractivity (Wildman–Crippen MR) is 67.6 cm³/mol. The molecule has 1 aliphatic carbocycles. The van der Waals surface area contributed by atoms with Gasteiger partial charge in [0.25, 0.3) is 0 Å². The molecule has 0 radical (unpaired) electrons. The fourth-order valence-corrected chi connectivity index (χ4v) is 3.11. The van der Waals surface area contributed by atoms with Crippen molar-refractivity contribution in [2.24, 2.45) is 11.8 Å². The molecule has 0 spiro atoms. The fourth-order valence-electron chi connectivity index (χ4n) is 3.11. The van der Waals surface area contributed by atoms with E-state index >= 15 is 0 Å². The van der Waals surface area contributed by atoms with Crippen LogP contribution >= 0.6 is 0 Å². The Labute approximate surface area is 119 Å². The summed E-state index contributed by atoms with van der Waals surface area (Å²) in [6.45, 7) is 0. The van der Waals surface area contributed by atoms with E-state index in [1.54, 1.807) is 0 Å². The summed E-state index contributed by atoms with van der Waals surface area (Å²) in [4.78, 5) is 0. The van der Waals surface area contributed by atoms with Crippen molar-refractivity contribution in [3.05, 3.63) is 35.4 Å². The first kappa shape index (κ1) is 16.2. The first-order valence-corrected chi connectivity index (χ1v) is 6.98. The summed E-state index contributed by atoms with van der Waals surface area (Å²) in [5.41, 5.74) is -0.0889.